The zero-order valence-electron chi connectivity index (χ0n) is 13.8. The fourth-order valence-electron chi connectivity index (χ4n) is 4.01. The predicted octanol–water partition coefficient (Wildman–Crippen LogP) is 2.13. The van der Waals surface area contributed by atoms with E-state index >= 15 is 0 Å². The second-order valence-electron chi connectivity index (χ2n) is 6.91. The number of rotatable bonds is 3. The van der Waals surface area contributed by atoms with Gasteiger partial charge in [-0.25, -0.2) is 4.79 Å². The Morgan fingerprint density at radius 2 is 1.83 bits per heavy atom. The molecule has 0 saturated carbocycles. The van der Waals surface area contributed by atoms with Crippen molar-refractivity contribution in [3.05, 3.63) is 42.1 Å². The Kier molecular flexibility index (Phi) is 3.76. The molecular formula is C18H22N4O2. The molecule has 0 aliphatic carbocycles. The summed E-state index contributed by atoms with van der Waals surface area (Å²) >= 11 is 0. The molecule has 2 unspecified atom stereocenters. The second-order valence-corrected chi connectivity index (χ2v) is 6.91. The number of nitrogens with zero attached hydrogens (tertiary/aromatic N) is 4. The number of hydrogen-bond donors (Lipinski definition) is 1. The van der Waals surface area contributed by atoms with Gasteiger partial charge >= 0.3 is 6.09 Å². The van der Waals surface area contributed by atoms with Crippen molar-refractivity contribution in [2.24, 2.45) is 18.9 Å². The summed E-state index contributed by atoms with van der Waals surface area (Å²) in [6.45, 7) is 4.17. The van der Waals surface area contributed by atoms with Crippen LogP contribution in [0.15, 0.2) is 36.4 Å². The van der Waals surface area contributed by atoms with Crippen molar-refractivity contribution in [1.82, 2.24) is 19.6 Å². The summed E-state index contributed by atoms with van der Waals surface area (Å²) in [4.78, 5) is 15.1. The van der Waals surface area contributed by atoms with Gasteiger partial charge in [-0.1, -0.05) is 30.3 Å². The molecule has 6 nitrogen and oxygen atoms in total. The molecule has 1 N–H and O–H groups in total. The fourth-order valence-corrected chi connectivity index (χ4v) is 4.01. The highest BCUT2D eigenvalue weighted by molar-refractivity contribution is 5.65. The predicted molar refractivity (Wildman–Crippen MR) is 90.5 cm³/mol. The van der Waals surface area contributed by atoms with Gasteiger partial charge in [0.2, 0.25) is 0 Å². The third kappa shape index (κ3) is 2.78. The van der Waals surface area contributed by atoms with Crippen LogP contribution in [0.3, 0.4) is 0 Å². The molecule has 2 atom stereocenters. The monoisotopic (exact) mass is 326 g/mol. The van der Waals surface area contributed by atoms with Gasteiger partial charge in [-0.05, 0) is 17.9 Å². The number of aryl methyl sites for hydroxylation is 1. The quantitative estimate of drug-likeness (QED) is 0.938. The van der Waals surface area contributed by atoms with Crippen LogP contribution in [0.1, 0.15) is 5.69 Å². The van der Waals surface area contributed by atoms with Crippen LogP contribution in [-0.4, -0.2) is 57.0 Å². The number of amides is 1. The van der Waals surface area contributed by atoms with Gasteiger partial charge in [-0.15, -0.1) is 0 Å². The largest absolute Gasteiger partial charge is 0.465 e. The van der Waals surface area contributed by atoms with E-state index in [1.54, 1.807) is 4.90 Å². The van der Waals surface area contributed by atoms with Gasteiger partial charge in [0, 0.05) is 45.3 Å². The summed E-state index contributed by atoms with van der Waals surface area (Å²) in [6.07, 6.45) is -0.782. The topological polar surface area (TPSA) is 61.6 Å². The summed E-state index contributed by atoms with van der Waals surface area (Å²) < 4.78 is 1.96. The first-order valence-electron chi connectivity index (χ1n) is 8.38. The molecule has 2 aromatic rings. The first-order valence-corrected chi connectivity index (χ1v) is 8.38. The van der Waals surface area contributed by atoms with Gasteiger partial charge in [-0.2, -0.15) is 5.10 Å². The zero-order chi connectivity index (χ0) is 16.7. The van der Waals surface area contributed by atoms with Gasteiger partial charge in [0.05, 0.1) is 11.4 Å². The lowest BCUT2D eigenvalue weighted by Gasteiger charge is -2.19. The molecule has 1 aromatic heterocycles. The molecule has 0 spiro atoms. The summed E-state index contributed by atoms with van der Waals surface area (Å²) in [5.41, 5.74) is 3.34. The SMILES string of the molecule is Cn1nc(-c2ccccc2)cc1CN1CC2CN(C(=O)O)CC2C1. The van der Waals surface area contributed by atoms with Crippen molar-refractivity contribution in [2.45, 2.75) is 6.54 Å². The van der Waals surface area contributed by atoms with E-state index in [4.69, 9.17) is 5.11 Å². The number of likely N-dealkylation sites (tertiary alicyclic amines) is 2. The molecule has 0 bridgehead atoms. The number of hydrogen-bond acceptors (Lipinski definition) is 3. The summed E-state index contributed by atoms with van der Waals surface area (Å²) in [7, 11) is 1.99. The molecule has 3 heterocycles. The highest BCUT2D eigenvalue weighted by Gasteiger charge is 2.41. The van der Waals surface area contributed by atoms with Crippen LogP contribution in [0.2, 0.25) is 0 Å². The van der Waals surface area contributed by atoms with Crippen LogP contribution < -0.4 is 0 Å². The fraction of sp³-hybridized carbons (Fsp3) is 0.444. The van der Waals surface area contributed by atoms with E-state index in [-0.39, 0.29) is 0 Å². The van der Waals surface area contributed by atoms with Crippen molar-refractivity contribution in [3.63, 3.8) is 0 Å². The van der Waals surface area contributed by atoms with Gasteiger partial charge < -0.3 is 10.0 Å². The number of carboxylic acid groups (broad SMARTS) is 1. The maximum Gasteiger partial charge on any atom is 0.407 e. The number of fused-ring (bicyclic) bond motifs is 1. The molecule has 2 aliphatic heterocycles. The third-order valence-corrected chi connectivity index (χ3v) is 5.26. The molecule has 4 rings (SSSR count). The number of carbonyl (C=O) groups is 1. The highest BCUT2D eigenvalue weighted by atomic mass is 16.4. The van der Waals surface area contributed by atoms with Crippen molar-refractivity contribution >= 4 is 6.09 Å². The van der Waals surface area contributed by atoms with Gasteiger partial charge in [0.25, 0.3) is 0 Å². The molecule has 6 heteroatoms. The van der Waals surface area contributed by atoms with Gasteiger partial charge in [0.15, 0.2) is 0 Å². The summed E-state index contributed by atoms with van der Waals surface area (Å²) in [5.74, 6) is 0.950. The van der Waals surface area contributed by atoms with E-state index in [2.05, 4.69) is 28.2 Å². The summed E-state index contributed by atoms with van der Waals surface area (Å²) in [6, 6.07) is 12.4. The van der Waals surface area contributed by atoms with Gasteiger partial charge in [0.1, 0.15) is 0 Å². The molecule has 2 saturated heterocycles. The van der Waals surface area contributed by atoms with E-state index in [9.17, 15) is 4.79 Å². The van der Waals surface area contributed by atoms with Crippen LogP contribution in [0, 0.1) is 11.8 Å². The lowest BCUT2D eigenvalue weighted by atomic mass is 10.0. The Bertz CT molecular complexity index is 729. The van der Waals surface area contributed by atoms with E-state index in [0.29, 0.717) is 24.9 Å². The van der Waals surface area contributed by atoms with Crippen molar-refractivity contribution < 1.29 is 9.90 Å². The highest BCUT2D eigenvalue weighted by Crippen LogP contribution is 2.32. The Morgan fingerprint density at radius 3 is 2.46 bits per heavy atom. The van der Waals surface area contributed by atoms with Crippen LogP contribution in [0.5, 0.6) is 0 Å². The standard InChI is InChI=1S/C18H22N4O2/c1-20-16(7-17(19-20)13-5-3-2-4-6-13)12-21-8-14-10-22(18(23)24)11-15(14)9-21/h2-7,14-15H,8-12H2,1H3,(H,23,24). The van der Waals surface area contributed by atoms with E-state index in [1.807, 2.05) is 29.9 Å². The molecule has 24 heavy (non-hydrogen) atoms. The zero-order valence-corrected chi connectivity index (χ0v) is 13.8. The first kappa shape index (κ1) is 15.2. The van der Waals surface area contributed by atoms with Crippen LogP contribution in [-0.2, 0) is 13.6 Å². The third-order valence-electron chi connectivity index (χ3n) is 5.26. The van der Waals surface area contributed by atoms with E-state index < -0.39 is 6.09 Å². The van der Waals surface area contributed by atoms with Crippen molar-refractivity contribution in [3.8, 4) is 11.3 Å². The first-order chi connectivity index (χ1) is 11.6. The Labute approximate surface area is 141 Å². The normalized spacial score (nSPS) is 23.6. The van der Waals surface area contributed by atoms with Crippen LogP contribution >= 0.6 is 0 Å². The average molecular weight is 326 g/mol. The molecule has 126 valence electrons. The maximum absolute atomic E-state index is 11.1. The van der Waals surface area contributed by atoms with Crippen LogP contribution in [0.25, 0.3) is 11.3 Å². The second kappa shape index (κ2) is 5.94. The minimum Gasteiger partial charge on any atom is -0.465 e. The lowest BCUT2D eigenvalue weighted by molar-refractivity contribution is 0.148. The Morgan fingerprint density at radius 1 is 1.17 bits per heavy atom. The molecule has 0 radical (unpaired) electrons. The molecule has 1 amide bonds. The molecule has 1 aromatic carbocycles. The van der Waals surface area contributed by atoms with Crippen molar-refractivity contribution in [1.29, 1.82) is 0 Å². The molecular weight excluding hydrogens is 304 g/mol. The Hall–Kier alpha value is -2.34. The van der Waals surface area contributed by atoms with Crippen molar-refractivity contribution in [2.75, 3.05) is 26.2 Å². The number of benzene rings is 1. The van der Waals surface area contributed by atoms with Gasteiger partial charge in [-0.3, -0.25) is 9.58 Å². The van der Waals surface area contributed by atoms with E-state index in [0.717, 1.165) is 30.9 Å². The van der Waals surface area contributed by atoms with E-state index in [1.165, 1.54) is 5.69 Å². The summed E-state index contributed by atoms with van der Waals surface area (Å²) in [5, 5.41) is 13.8. The minimum atomic E-state index is -0.782. The average Bonchev–Trinajstić information content (AvgIpc) is 3.22. The minimum absolute atomic E-state index is 0.475. The molecule has 2 fully saturated rings. The Balaban J connectivity index is 1.43. The maximum atomic E-state index is 11.1. The smallest absolute Gasteiger partial charge is 0.407 e. The lowest BCUT2D eigenvalue weighted by Crippen LogP contribution is -2.32. The number of aromatic nitrogens is 2. The molecule has 2 aliphatic rings. The van der Waals surface area contributed by atoms with Crippen LogP contribution in [0.4, 0.5) is 4.79 Å².